The predicted octanol–water partition coefficient (Wildman–Crippen LogP) is 5.82. The number of hydrogen-bond acceptors (Lipinski definition) is 16. The largest absolute Gasteiger partial charge is 0.491 e. The van der Waals surface area contributed by atoms with Gasteiger partial charge in [0.15, 0.2) is 5.67 Å². The molecule has 0 bridgehead atoms. The average molecular weight is 1230 g/mol. The first-order chi connectivity index (χ1) is 41.4. The van der Waals surface area contributed by atoms with E-state index in [4.69, 9.17) is 9.47 Å². The van der Waals surface area contributed by atoms with Crippen molar-refractivity contribution in [3.8, 4) is 16.2 Å². The number of ether oxygens (including phenoxy) is 2. The number of alkyl halides is 1. The summed E-state index contributed by atoms with van der Waals surface area (Å²) >= 11 is 1.48. The highest BCUT2D eigenvalue weighted by Crippen LogP contribution is 2.43. The van der Waals surface area contributed by atoms with Crippen molar-refractivity contribution in [2.24, 2.45) is 22.7 Å². The summed E-state index contributed by atoms with van der Waals surface area (Å²) in [5.74, 6) is -0.558. The second kappa shape index (κ2) is 25.1. The number of rotatable bonds is 19. The molecular weight excluding hydrogens is 1140 g/mol. The topological polar surface area (TPSA) is 227 Å². The fourth-order valence-electron chi connectivity index (χ4n) is 13.5. The fraction of sp³-hybridized carbons (Fsp3) is 0.619. The fourth-order valence-corrected chi connectivity index (χ4v) is 14.3. The maximum Gasteiger partial charge on any atom is 0.258 e. The first-order valence-corrected chi connectivity index (χ1v) is 31.7. The SMILES string of the molecule is Cc1ncsc1-c1ccc(CNC(=O)[C@@H]2C[C@@H](O)CN2C(=O)[C@@H](NC(=O)C2(F)CC2)C(C)(C)C)c(OCCNC(=O)COC2C[C@@H]3CN(c4cc(N5CCC6(CC5)CN(c5cc(F)c(CN7CCC(C)(C)CC7)cc5F)CC(=O)N6)ncn4)C[C@@H]3C2)c1. The van der Waals surface area contributed by atoms with E-state index in [-0.39, 0.29) is 87.7 Å². The Bertz CT molecular complexity index is 3200. The molecule has 2 aliphatic carbocycles. The van der Waals surface area contributed by atoms with Crippen LogP contribution in [0.1, 0.15) is 109 Å². The normalized spacial score (nSPS) is 24.4. The number of aryl methyl sites for hydroxylation is 1. The first-order valence-electron chi connectivity index (χ1n) is 30.8. The number of amides is 5. The van der Waals surface area contributed by atoms with Gasteiger partial charge < -0.3 is 55.4 Å². The lowest BCUT2D eigenvalue weighted by atomic mass is 9.82. The van der Waals surface area contributed by atoms with E-state index in [2.05, 4.69) is 64.8 Å². The van der Waals surface area contributed by atoms with Gasteiger partial charge in [0.05, 0.1) is 52.6 Å². The highest BCUT2D eigenvalue weighted by Gasteiger charge is 2.54. The Hall–Kier alpha value is -6.63. The van der Waals surface area contributed by atoms with E-state index in [1.807, 2.05) is 31.2 Å². The number of aliphatic hydroxyl groups is 1. The molecular formula is C63H83F3N12O8S. The Morgan fingerprint density at radius 3 is 2.24 bits per heavy atom. The van der Waals surface area contributed by atoms with E-state index < -0.39 is 64.2 Å². The molecule has 5 N–H and O–H groups in total. The molecule has 5 amide bonds. The second-order valence-corrected chi connectivity index (χ2v) is 28.1. The van der Waals surface area contributed by atoms with Crippen molar-refractivity contribution in [1.29, 1.82) is 0 Å². The molecule has 7 aliphatic rings. The Balaban J connectivity index is 0.625. The third-order valence-electron chi connectivity index (χ3n) is 19.0. The lowest BCUT2D eigenvalue weighted by molar-refractivity contribution is -0.145. The van der Waals surface area contributed by atoms with Crippen LogP contribution >= 0.6 is 11.3 Å². The number of aliphatic hydroxyl groups excluding tert-OH is 1. The number of nitrogens with one attached hydrogen (secondary N) is 4. The average Bonchev–Trinajstić information content (AvgIpc) is 3.46. The number of nitrogens with zero attached hydrogens (tertiary/aromatic N) is 8. The molecule has 11 rings (SSSR count). The molecule has 2 aromatic heterocycles. The minimum absolute atomic E-state index is 0.0142. The molecule has 1 spiro atoms. The van der Waals surface area contributed by atoms with Crippen LogP contribution < -0.4 is 40.7 Å². The van der Waals surface area contributed by atoms with Gasteiger partial charge in [0, 0.05) is 82.0 Å². The van der Waals surface area contributed by atoms with Crippen molar-refractivity contribution in [1.82, 2.24) is 46.0 Å². The summed E-state index contributed by atoms with van der Waals surface area (Å²) in [6.07, 6.45) is 5.55. The van der Waals surface area contributed by atoms with Gasteiger partial charge in [-0.3, -0.25) is 28.9 Å². The molecule has 0 radical (unpaired) electrons. The molecule has 20 nitrogen and oxygen atoms in total. The van der Waals surface area contributed by atoms with Gasteiger partial charge >= 0.3 is 0 Å². The van der Waals surface area contributed by atoms with Crippen molar-refractivity contribution in [3.05, 3.63) is 76.7 Å². The molecule has 4 aromatic rings. The van der Waals surface area contributed by atoms with Gasteiger partial charge in [-0.15, -0.1) is 11.3 Å². The number of halogens is 3. The molecule has 24 heteroatoms. The number of thiazole rings is 1. The van der Waals surface area contributed by atoms with Crippen LogP contribution in [0.5, 0.6) is 5.75 Å². The number of benzene rings is 2. The Labute approximate surface area is 510 Å². The van der Waals surface area contributed by atoms with Crippen molar-refractivity contribution in [2.45, 2.75) is 148 Å². The standard InChI is InChI=1S/C63H83F3N12O8S/c1-38-55(87-37-71-38)39-7-8-40(28-68-57(82)49-25-44(79)32-78(49)58(83)56(60(2,3)4)72-59(84)63(66)9-10-63)50(24-39)85-20-15-67-54(81)34-86-45-21-41-30-76(31-42(41)22-45)52-27-51(69-36-70-52)75-18-13-62(14-19-75)35-77(33-53(80)73-62)48-26-46(64)43(23-47(48)65)29-74-16-11-61(5,6)12-17-74/h7-8,23-24,26-27,36-37,41-42,44-45,49,56,79H,9-22,25,28-35H2,1-6H3,(H,67,81)(H,68,82)(H,72,84)(H,73,80)/t41-,42+,44-,45?,49+,56-/m1/s1. The van der Waals surface area contributed by atoms with Crippen LogP contribution in [0, 0.1) is 41.2 Å². The summed E-state index contributed by atoms with van der Waals surface area (Å²) in [6, 6.07) is 8.04. The third kappa shape index (κ3) is 14.3. The van der Waals surface area contributed by atoms with Gasteiger partial charge in [-0.1, -0.05) is 46.8 Å². The zero-order valence-corrected chi connectivity index (χ0v) is 51.6. The number of anilines is 3. The smallest absolute Gasteiger partial charge is 0.258 e. The molecule has 6 atom stereocenters. The van der Waals surface area contributed by atoms with Gasteiger partial charge in [-0.2, -0.15) is 0 Å². The summed E-state index contributed by atoms with van der Waals surface area (Å²) in [6.45, 7) is 16.9. The molecule has 5 saturated heterocycles. The first kappa shape index (κ1) is 62.0. The van der Waals surface area contributed by atoms with E-state index in [0.29, 0.717) is 67.7 Å². The van der Waals surface area contributed by atoms with Gasteiger partial charge in [0.25, 0.3) is 5.91 Å². The van der Waals surface area contributed by atoms with Gasteiger partial charge in [-0.25, -0.2) is 28.1 Å². The zero-order chi connectivity index (χ0) is 61.6. The molecule has 5 aliphatic heterocycles. The quantitative estimate of drug-likeness (QED) is 0.0698. The lowest BCUT2D eigenvalue weighted by Gasteiger charge is -2.48. The number of carbonyl (C=O) groups excluding carboxylic acids is 5. The van der Waals surface area contributed by atoms with Gasteiger partial charge in [-0.05, 0) is 112 Å². The maximum atomic E-state index is 15.8. The maximum absolute atomic E-state index is 15.8. The molecule has 470 valence electrons. The summed E-state index contributed by atoms with van der Waals surface area (Å²) in [4.78, 5) is 91.3. The van der Waals surface area contributed by atoms with Crippen molar-refractivity contribution >= 4 is 58.2 Å². The van der Waals surface area contributed by atoms with Crippen LogP contribution in [-0.2, 0) is 41.8 Å². The number of aromatic nitrogens is 3. The van der Waals surface area contributed by atoms with Crippen molar-refractivity contribution in [2.75, 3.05) is 93.4 Å². The van der Waals surface area contributed by atoms with Crippen LogP contribution in [-0.4, -0.2) is 174 Å². The van der Waals surface area contributed by atoms with Crippen LogP contribution in [0.15, 0.2) is 48.2 Å². The van der Waals surface area contributed by atoms with Gasteiger partial charge in [0.2, 0.25) is 23.6 Å². The van der Waals surface area contributed by atoms with E-state index in [1.165, 1.54) is 28.4 Å². The number of carbonyl (C=O) groups is 5. The summed E-state index contributed by atoms with van der Waals surface area (Å²) in [7, 11) is 0. The minimum atomic E-state index is -2.00. The molecule has 1 unspecified atom stereocenters. The number of piperazine rings is 1. The lowest BCUT2D eigenvalue weighted by Crippen LogP contribution is -2.66. The van der Waals surface area contributed by atoms with Crippen molar-refractivity contribution < 1.29 is 51.7 Å². The number of β-amino-alcohol motifs (C(OH)–C–C–N with tert-alkyl or cyclic N) is 1. The summed E-state index contributed by atoms with van der Waals surface area (Å²) in [5, 5.41) is 22.3. The van der Waals surface area contributed by atoms with Crippen LogP contribution in [0.2, 0.25) is 0 Å². The highest BCUT2D eigenvalue weighted by molar-refractivity contribution is 7.13. The van der Waals surface area contributed by atoms with Crippen LogP contribution in [0.4, 0.5) is 30.5 Å². The molecule has 2 aromatic carbocycles. The molecule has 7 heterocycles. The summed E-state index contributed by atoms with van der Waals surface area (Å²) in [5.41, 5.74) is 1.39. The number of hydrogen-bond donors (Lipinski definition) is 5. The summed E-state index contributed by atoms with van der Waals surface area (Å²) < 4.78 is 58.6. The molecule has 87 heavy (non-hydrogen) atoms. The van der Waals surface area contributed by atoms with E-state index in [0.717, 1.165) is 79.6 Å². The Morgan fingerprint density at radius 1 is 0.851 bits per heavy atom. The minimum Gasteiger partial charge on any atom is -0.491 e. The van der Waals surface area contributed by atoms with E-state index >= 15 is 8.78 Å². The number of fused-ring (bicyclic) bond motifs is 1. The number of piperidine rings is 2. The van der Waals surface area contributed by atoms with E-state index in [1.54, 1.807) is 37.5 Å². The third-order valence-corrected chi connectivity index (χ3v) is 20.0. The van der Waals surface area contributed by atoms with E-state index in [9.17, 15) is 33.5 Å². The van der Waals surface area contributed by atoms with Crippen LogP contribution in [0.25, 0.3) is 10.4 Å². The number of likely N-dealkylation sites (tertiary alicyclic amines) is 2. The zero-order valence-electron chi connectivity index (χ0n) is 50.8. The van der Waals surface area contributed by atoms with Crippen LogP contribution in [0.3, 0.4) is 0 Å². The van der Waals surface area contributed by atoms with Gasteiger partial charge in [0.1, 0.15) is 60.6 Å². The highest BCUT2D eigenvalue weighted by atomic mass is 32.1. The monoisotopic (exact) mass is 1220 g/mol. The Kier molecular flexibility index (Phi) is 17.9. The molecule has 2 saturated carbocycles. The Morgan fingerprint density at radius 2 is 1.56 bits per heavy atom. The van der Waals surface area contributed by atoms with Crippen molar-refractivity contribution in [3.63, 3.8) is 0 Å². The predicted molar refractivity (Wildman–Crippen MR) is 323 cm³/mol. The molecule has 7 fully saturated rings. The second-order valence-electron chi connectivity index (χ2n) is 27.2.